The van der Waals surface area contributed by atoms with Crippen molar-refractivity contribution in [3.63, 3.8) is 0 Å². The van der Waals surface area contributed by atoms with Crippen LogP contribution in [0.1, 0.15) is 38.8 Å². The van der Waals surface area contributed by atoms with E-state index >= 15 is 4.39 Å². The van der Waals surface area contributed by atoms with E-state index in [1.54, 1.807) is 6.92 Å². The molecule has 0 bridgehead atoms. The van der Waals surface area contributed by atoms with Crippen molar-refractivity contribution in [2.75, 3.05) is 93.9 Å². The van der Waals surface area contributed by atoms with Gasteiger partial charge in [-0.15, -0.1) is 0 Å². The van der Waals surface area contributed by atoms with E-state index in [2.05, 4.69) is 4.98 Å². The van der Waals surface area contributed by atoms with Crippen molar-refractivity contribution in [1.82, 2.24) is 9.55 Å². The molecule has 53 heavy (non-hydrogen) atoms. The third-order valence-corrected chi connectivity index (χ3v) is 9.56. The number of phosphoric ester groups is 1. The van der Waals surface area contributed by atoms with E-state index in [0.717, 1.165) is 29.7 Å². The van der Waals surface area contributed by atoms with Crippen LogP contribution in [0.5, 0.6) is 0 Å². The molecule has 1 aliphatic carbocycles. The Hall–Kier alpha value is -3.02. The lowest BCUT2D eigenvalue weighted by Crippen LogP contribution is -2.51. The van der Waals surface area contributed by atoms with Gasteiger partial charge in [0.15, 0.2) is 17.6 Å². The Bertz CT molecular complexity index is 1450. The third-order valence-electron chi connectivity index (χ3n) is 8.27. The fourth-order valence-corrected chi connectivity index (χ4v) is 6.83. The molecule has 21 nitrogen and oxygen atoms in total. The van der Waals surface area contributed by atoms with Gasteiger partial charge in [-0.25, -0.2) is 32.4 Å². The first-order valence-corrected chi connectivity index (χ1v) is 18.1. The molecule has 0 radical (unpaired) electrons. The summed E-state index contributed by atoms with van der Waals surface area (Å²) < 4.78 is 104. The average molecular weight is 789 g/mol. The molecule has 0 amide bonds. The molecule has 1 saturated carbocycles. The molecular formula is C30H46FN2O19P. The highest BCUT2D eigenvalue weighted by Crippen LogP contribution is 2.60. The third kappa shape index (κ3) is 11.5. The van der Waals surface area contributed by atoms with Crippen LogP contribution in [0.4, 0.5) is 14.0 Å². The van der Waals surface area contributed by atoms with E-state index in [-0.39, 0.29) is 39.6 Å². The van der Waals surface area contributed by atoms with Gasteiger partial charge in [-0.3, -0.25) is 18.9 Å². The van der Waals surface area contributed by atoms with E-state index in [1.807, 2.05) is 0 Å². The number of aromatic nitrogens is 2. The number of ether oxygens (including phenoxy) is 11. The zero-order valence-electron chi connectivity index (χ0n) is 29.7. The molecule has 4 atom stereocenters. The summed E-state index contributed by atoms with van der Waals surface area (Å²) in [5.41, 5.74) is -5.20. The lowest BCUT2D eigenvalue weighted by molar-refractivity contribution is -0.253. The molecular weight excluding hydrogens is 742 g/mol. The zero-order valence-corrected chi connectivity index (χ0v) is 30.5. The number of rotatable bonds is 23. The quantitative estimate of drug-likeness (QED) is 0.0722. The first-order valence-electron chi connectivity index (χ1n) is 16.6. The highest BCUT2D eigenvalue weighted by molar-refractivity contribution is 7.48. The second-order valence-corrected chi connectivity index (χ2v) is 13.7. The second-order valence-electron chi connectivity index (χ2n) is 12.0. The Balaban J connectivity index is 1.45. The number of aromatic amines is 1. The summed E-state index contributed by atoms with van der Waals surface area (Å²) in [5, 5.41) is 0. The second kappa shape index (κ2) is 20.1. The molecule has 3 heterocycles. The average Bonchev–Trinajstić information content (AvgIpc) is 3.77. The molecule has 1 spiro atoms. The Kier molecular flexibility index (Phi) is 16.2. The molecule has 2 aliphatic heterocycles. The fraction of sp³-hybridized carbons (Fsp3) is 0.800. The number of carbonyl (C=O) groups is 2. The van der Waals surface area contributed by atoms with Gasteiger partial charge in [0, 0.05) is 39.3 Å². The van der Waals surface area contributed by atoms with Crippen molar-refractivity contribution in [2.45, 2.75) is 61.9 Å². The van der Waals surface area contributed by atoms with Crippen molar-refractivity contribution in [3.8, 4) is 0 Å². The Morgan fingerprint density at radius 1 is 0.868 bits per heavy atom. The summed E-state index contributed by atoms with van der Waals surface area (Å²) in [7, 11) is -1.94. The normalized spacial score (nSPS) is 24.7. The van der Waals surface area contributed by atoms with Gasteiger partial charge >= 0.3 is 25.8 Å². The van der Waals surface area contributed by atoms with Crippen molar-refractivity contribution >= 4 is 20.1 Å². The van der Waals surface area contributed by atoms with Crippen LogP contribution < -0.4 is 11.2 Å². The minimum absolute atomic E-state index is 0.0292. The SMILES string of the molecule is COCCOCCOC(=O)OCOP(=O)(OCOC(=O)OCCOCCOC)OC[C@@]1(CF)O[C@@H](n2ccc(=O)[nH]c2=O)[C@]2(C)OC3(CCCC3)O[C@H]12. The van der Waals surface area contributed by atoms with Crippen molar-refractivity contribution in [3.05, 3.63) is 33.1 Å². The number of hydrogen-bond donors (Lipinski definition) is 1. The van der Waals surface area contributed by atoms with E-state index in [4.69, 9.17) is 65.7 Å². The lowest BCUT2D eigenvalue weighted by Gasteiger charge is -2.34. The Morgan fingerprint density at radius 3 is 1.96 bits per heavy atom. The van der Waals surface area contributed by atoms with Gasteiger partial charge in [0.25, 0.3) is 5.56 Å². The first-order chi connectivity index (χ1) is 25.4. The first kappa shape index (κ1) is 42.7. The molecule has 23 heteroatoms. The zero-order chi connectivity index (χ0) is 38.4. The molecule has 0 unspecified atom stereocenters. The minimum Gasteiger partial charge on any atom is -0.432 e. The maximum atomic E-state index is 15.4. The number of alkyl halides is 1. The van der Waals surface area contributed by atoms with Crippen LogP contribution >= 0.6 is 7.82 Å². The number of carbonyl (C=O) groups excluding carboxylic acids is 2. The number of H-pyrrole nitrogens is 1. The Morgan fingerprint density at radius 2 is 1.43 bits per heavy atom. The summed E-state index contributed by atoms with van der Waals surface area (Å²) in [6.07, 6.45) is -1.54. The predicted octanol–water partition coefficient (Wildman–Crippen LogP) is 1.92. The van der Waals surface area contributed by atoms with Gasteiger partial charge in [-0.1, -0.05) is 0 Å². The largest absolute Gasteiger partial charge is 0.510 e. The molecule has 3 aliphatic rings. The molecule has 4 rings (SSSR count). The van der Waals surface area contributed by atoms with Gasteiger partial charge in [-0.2, -0.15) is 0 Å². The van der Waals surface area contributed by atoms with E-state index in [0.29, 0.717) is 26.1 Å². The Labute approximate surface area is 303 Å². The van der Waals surface area contributed by atoms with E-state index in [9.17, 15) is 23.7 Å². The van der Waals surface area contributed by atoms with E-state index in [1.165, 1.54) is 14.2 Å². The number of nitrogens with zero attached hydrogens (tertiary/aromatic N) is 1. The molecule has 2 saturated heterocycles. The molecule has 1 aromatic heterocycles. The number of halogens is 1. The van der Waals surface area contributed by atoms with Crippen LogP contribution in [0, 0.1) is 0 Å². The number of fused-ring (bicyclic) bond motifs is 1. The topological polar surface area (TPSA) is 235 Å². The molecule has 0 aromatic carbocycles. The summed E-state index contributed by atoms with van der Waals surface area (Å²) in [4.78, 5) is 50.9. The summed E-state index contributed by atoms with van der Waals surface area (Å²) in [5.74, 6) is -1.14. The van der Waals surface area contributed by atoms with Crippen molar-refractivity contribution in [1.29, 1.82) is 0 Å². The van der Waals surface area contributed by atoms with Gasteiger partial charge in [0.2, 0.25) is 13.6 Å². The van der Waals surface area contributed by atoms with Gasteiger partial charge < -0.3 is 52.1 Å². The van der Waals surface area contributed by atoms with Crippen LogP contribution in [0.25, 0.3) is 0 Å². The number of methoxy groups -OCH3 is 2. The number of phosphoric acid groups is 1. The number of nitrogens with one attached hydrogen (secondary N) is 1. The van der Waals surface area contributed by atoms with Crippen molar-refractivity contribution < 1.29 is 84.2 Å². The standard InChI is InChI=1S/C30H46FN2O19P/c1-28-23(50-30(52-28)7-4-5-8-30)29(18-31,51-24(28)33-9-6-22(34)32-25(33)35)19-47-53(38,48-20-45-26(36)43-16-14-41-12-10-39-2)49-21-46-27(37)44-17-15-42-13-11-40-3/h6,9,23-24H,4-5,7-8,10-21H2,1-3H3,(H,32,34,35)/t23-,24+,28+,29+/m0/s1. The van der Waals surface area contributed by atoms with E-state index < -0.39 is 87.6 Å². The minimum atomic E-state index is -4.93. The highest BCUT2D eigenvalue weighted by Gasteiger charge is 2.72. The maximum Gasteiger partial charge on any atom is 0.510 e. The van der Waals surface area contributed by atoms with Crippen LogP contribution in [0.15, 0.2) is 21.9 Å². The van der Waals surface area contributed by atoms with Gasteiger partial charge in [-0.05, 0) is 19.8 Å². The van der Waals surface area contributed by atoms with Crippen LogP contribution in [-0.2, 0) is 70.2 Å². The summed E-state index contributed by atoms with van der Waals surface area (Å²) in [6, 6.07) is 1.07. The maximum absolute atomic E-state index is 15.4. The van der Waals surface area contributed by atoms with Crippen LogP contribution in [-0.4, -0.2) is 139 Å². The van der Waals surface area contributed by atoms with Crippen LogP contribution in [0.2, 0.25) is 0 Å². The molecule has 302 valence electrons. The molecule has 1 N–H and O–H groups in total. The summed E-state index contributed by atoms with van der Waals surface area (Å²) in [6.45, 7) is -1.95. The van der Waals surface area contributed by atoms with Gasteiger partial charge in [0.1, 0.15) is 31.6 Å². The molecule has 3 fully saturated rings. The lowest BCUT2D eigenvalue weighted by atomic mass is 9.88. The van der Waals surface area contributed by atoms with Crippen LogP contribution in [0.3, 0.4) is 0 Å². The smallest absolute Gasteiger partial charge is 0.432 e. The fourth-order valence-electron chi connectivity index (χ4n) is 5.87. The molecule has 1 aromatic rings. The summed E-state index contributed by atoms with van der Waals surface area (Å²) >= 11 is 0. The highest BCUT2D eigenvalue weighted by atomic mass is 31.2. The van der Waals surface area contributed by atoms with Crippen molar-refractivity contribution in [2.24, 2.45) is 0 Å². The predicted molar refractivity (Wildman–Crippen MR) is 171 cm³/mol. The van der Waals surface area contributed by atoms with Gasteiger partial charge in [0.05, 0.1) is 46.2 Å². The number of hydrogen-bond acceptors (Lipinski definition) is 19. The monoisotopic (exact) mass is 788 g/mol.